The molecule has 0 aliphatic heterocycles. The molecule has 0 saturated carbocycles. The maximum Gasteiger partial charge on any atom is 0.396 e. The molecule has 0 saturated heterocycles. The predicted octanol–water partition coefficient (Wildman–Crippen LogP) is 7.84. The van der Waals surface area contributed by atoms with E-state index in [9.17, 15) is 18.3 Å². The highest BCUT2D eigenvalue weighted by Crippen LogP contribution is 2.38. The van der Waals surface area contributed by atoms with E-state index in [1.165, 1.54) is 6.08 Å². The van der Waals surface area contributed by atoms with Gasteiger partial charge < -0.3 is 9.84 Å². The van der Waals surface area contributed by atoms with E-state index in [1.807, 2.05) is 54.6 Å². The number of ether oxygens (including phenoxy) is 1. The van der Waals surface area contributed by atoms with Crippen molar-refractivity contribution in [3.05, 3.63) is 119 Å². The van der Waals surface area contributed by atoms with Gasteiger partial charge in [0.25, 0.3) is 0 Å². The van der Waals surface area contributed by atoms with Crippen molar-refractivity contribution in [3.8, 4) is 0 Å². The summed E-state index contributed by atoms with van der Waals surface area (Å²) < 4.78 is 47.1. The summed E-state index contributed by atoms with van der Waals surface area (Å²) in [5.74, 6) is -1.67. The molecule has 0 amide bonds. The number of halogens is 4. The standard InChI is InChI=1S/C34H39ClF3NO2/c1-33(2,40)28-17-10-18-29(22-28)41-21-11-20-39(23-27-16-9-19-31(32(27)35)34(36,37)38)24-30(25-12-5-3-6-13-25)26-14-7-4-8-15-26/h3-10,12-17,19,22,29-32,40H,11,18,20-21,23-24H2,1-2H3. The molecule has 2 aliphatic rings. The molecule has 0 radical (unpaired) electrons. The summed E-state index contributed by atoms with van der Waals surface area (Å²) in [4.78, 5) is 2.20. The van der Waals surface area contributed by atoms with Gasteiger partial charge in [-0.15, -0.1) is 11.6 Å². The Labute approximate surface area is 246 Å². The van der Waals surface area contributed by atoms with Gasteiger partial charge in [-0.25, -0.2) is 0 Å². The minimum atomic E-state index is -4.40. The van der Waals surface area contributed by atoms with E-state index in [1.54, 1.807) is 19.9 Å². The average molecular weight is 586 g/mol. The number of hydrogen-bond acceptors (Lipinski definition) is 3. The monoisotopic (exact) mass is 585 g/mol. The van der Waals surface area contributed by atoms with Crippen LogP contribution in [0.3, 0.4) is 0 Å². The minimum Gasteiger partial charge on any atom is -0.386 e. The van der Waals surface area contributed by atoms with E-state index in [-0.39, 0.29) is 12.0 Å². The van der Waals surface area contributed by atoms with Crippen LogP contribution in [0.15, 0.2) is 108 Å². The van der Waals surface area contributed by atoms with Crippen LogP contribution in [-0.4, -0.2) is 59.5 Å². The molecule has 0 fully saturated rings. The average Bonchev–Trinajstić information content (AvgIpc) is 2.95. The molecular formula is C34H39ClF3NO2. The zero-order chi connectivity index (χ0) is 29.5. The lowest BCUT2D eigenvalue weighted by atomic mass is 9.89. The van der Waals surface area contributed by atoms with Gasteiger partial charge in [-0.05, 0) is 55.0 Å². The lowest BCUT2D eigenvalue weighted by molar-refractivity contribution is -0.160. The van der Waals surface area contributed by atoms with Gasteiger partial charge in [0, 0.05) is 32.2 Å². The third-order valence-electron chi connectivity index (χ3n) is 7.62. The molecule has 0 heterocycles. The second-order valence-corrected chi connectivity index (χ2v) is 11.8. The first-order valence-electron chi connectivity index (χ1n) is 14.2. The Kier molecular flexibility index (Phi) is 10.7. The van der Waals surface area contributed by atoms with Crippen LogP contribution in [0.4, 0.5) is 13.2 Å². The minimum absolute atomic E-state index is 0.0333. The normalized spacial score (nSPS) is 21.3. The fraction of sp³-hybridized carbons (Fsp3) is 0.412. The number of aliphatic hydroxyl groups is 1. The van der Waals surface area contributed by atoms with E-state index >= 15 is 0 Å². The molecule has 3 nitrogen and oxygen atoms in total. The van der Waals surface area contributed by atoms with Crippen molar-refractivity contribution in [1.29, 1.82) is 0 Å². The molecular weight excluding hydrogens is 547 g/mol. The number of nitrogens with zero attached hydrogens (tertiary/aromatic N) is 1. The maximum absolute atomic E-state index is 13.7. The van der Waals surface area contributed by atoms with Crippen LogP contribution in [0.5, 0.6) is 0 Å². The Morgan fingerprint density at radius 1 is 1.02 bits per heavy atom. The quantitative estimate of drug-likeness (QED) is 0.203. The lowest BCUT2D eigenvalue weighted by Crippen LogP contribution is -2.38. The molecule has 0 spiro atoms. The van der Waals surface area contributed by atoms with Crippen LogP contribution in [0, 0.1) is 5.92 Å². The number of rotatable bonds is 12. The second-order valence-electron chi connectivity index (χ2n) is 11.3. The molecule has 3 atom stereocenters. The summed E-state index contributed by atoms with van der Waals surface area (Å²) in [6.45, 7) is 5.56. The highest BCUT2D eigenvalue weighted by molar-refractivity contribution is 6.23. The van der Waals surface area contributed by atoms with E-state index in [0.717, 1.165) is 29.2 Å². The van der Waals surface area contributed by atoms with Crippen molar-refractivity contribution in [2.75, 3.05) is 26.2 Å². The molecule has 0 aromatic heterocycles. The van der Waals surface area contributed by atoms with Crippen molar-refractivity contribution in [2.24, 2.45) is 5.92 Å². The van der Waals surface area contributed by atoms with Gasteiger partial charge in [0.1, 0.15) is 0 Å². The zero-order valence-corrected chi connectivity index (χ0v) is 24.4. The molecule has 4 rings (SSSR count). The predicted molar refractivity (Wildman–Crippen MR) is 160 cm³/mol. The van der Waals surface area contributed by atoms with Gasteiger partial charge in [-0.3, -0.25) is 4.90 Å². The molecule has 2 aliphatic carbocycles. The van der Waals surface area contributed by atoms with Crippen molar-refractivity contribution >= 4 is 11.6 Å². The largest absolute Gasteiger partial charge is 0.396 e. The summed E-state index contributed by atoms with van der Waals surface area (Å²) >= 11 is 6.44. The van der Waals surface area contributed by atoms with E-state index in [2.05, 4.69) is 29.2 Å². The van der Waals surface area contributed by atoms with Crippen molar-refractivity contribution in [2.45, 2.75) is 55.9 Å². The Morgan fingerprint density at radius 2 is 1.66 bits per heavy atom. The Bertz CT molecular complexity index is 1190. The van der Waals surface area contributed by atoms with Crippen LogP contribution in [0.25, 0.3) is 0 Å². The van der Waals surface area contributed by atoms with Gasteiger partial charge in [0.05, 0.1) is 23.0 Å². The third-order valence-corrected chi connectivity index (χ3v) is 8.17. The summed E-state index contributed by atoms with van der Waals surface area (Å²) in [6, 6.07) is 20.4. The number of benzene rings is 2. The molecule has 2 aromatic rings. The summed E-state index contributed by atoms with van der Waals surface area (Å²) in [6.07, 6.45) is 7.15. The van der Waals surface area contributed by atoms with Gasteiger partial charge in [0.2, 0.25) is 0 Å². The SMILES string of the molecule is CC(C)(O)C1=CC(OCCCN(CC2=CC=CC(C(F)(F)F)C2Cl)CC(c2ccccc2)c2ccccc2)CC=C1. The fourth-order valence-electron chi connectivity index (χ4n) is 5.36. The first kappa shape index (κ1) is 31.3. The number of hydrogen-bond donors (Lipinski definition) is 1. The van der Waals surface area contributed by atoms with Crippen LogP contribution in [0.2, 0.25) is 0 Å². The van der Waals surface area contributed by atoms with Gasteiger partial charge in [0.15, 0.2) is 0 Å². The summed E-state index contributed by atoms with van der Waals surface area (Å²) in [5.41, 5.74) is 2.74. The van der Waals surface area contributed by atoms with Crippen molar-refractivity contribution in [1.82, 2.24) is 4.90 Å². The van der Waals surface area contributed by atoms with Crippen molar-refractivity contribution < 1.29 is 23.0 Å². The Hall–Kier alpha value is -2.64. The molecule has 2 aromatic carbocycles. The highest BCUT2D eigenvalue weighted by Gasteiger charge is 2.44. The fourth-order valence-corrected chi connectivity index (χ4v) is 5.73. The van der Waals surface area contributed by atoms with Crippen LogP contribution in [-0.2, 0) is 4.74 Å². The number of alkyl halides is 4. The molecule has 0 bridgehead atoms. The lowest BCUT2D eigenvalue weighted by Gasteiger charge is -2.33. The van der Waals surface area contributed by atoms with E-state index in [0.29, 0.717) is 38.2 Å². The maximum atomic E-state index is 13.7. The zero-order valence-electron chi connectivity index (χ0n) is 23.6. The van der Waals surface area contributed by atoms with Crippen LogP contribution in [0.1, 0.15) is 43.7 Å². The molecule has 220 valence electrons. The molecule has 41 heavy (non-hydrogen) atoms. The number of allylic oxidation sites excluding steroid dienone is 3. The summed E-state index contributed by atoms with van der Waals surface area (Å²) in [5, 5.41) is 9.20. The Morgan fingerprint density at radius 3 is 2.24 bits per heavy atom. The van der Waals surface area contributed by atoms with Crippen LogP contribution < -0.4 is 0 Å². The molecule has 1 N–H and O–H groups in total. The van der Waals surface area contributed by atoms with Crippen LogP contribution >= 0.6 is 11.6 Å². The van der Waals surface area contributed by atoms with Gasteiger partial charge in [-0.1, -0.05) is 91.0 Å². The second kappa shape index (κ2) is 14.0. The van der Waals surface area contributed by atoms with Crippen molar-refractivity contribution in [3.63, 3.8) is 0 Å². The molecule has 7 heteroatoms. The summed E-state index contributed by atoms with van der Waals surface area (Å²) in [7, 11) is 0. The first-order chi connectivity index (χ1) is 19.5. The first-order valence-corrected chi connectivity index (χ1v) is 14.6. The third kappa shape index (κ3) is 8.92. The smallest absolute Gasteiger partial charge is 0.386 e. The van der Waals surface area contributed by atoms with E-state index in [4.69, 9.17) is 16.3 Å². The van der Waals surface area contributed by atoms with Gasteiger partial charge in [-0.2, -0.15) is 13.2 Å². The highest BCUT2D eigenvalue weighted by atomic mass is 35.5. The van der Waals surface area contributed by atoms with E-state index < -0.39 is 23.1 Å². The van der Waals surface area contributed by atoms with Gasteiger partial charge >= 0.3 is 6.18 Å². The molecule has 3 unspecified atom stereocenters. The Balaban J connectivity index is 1.50. The topological polar surface area (TPSA) is 32.7 Å².